The largest absolute Gasteiger partial charge is 0.457 e. The van der Waals surface area contributed by atoms with E-state index in [9.17, 15) is 0 Å². The third kappa shape index (κ3) is 7.63. The number of hydrogen-bond acceptors (Lipinski definition) is 7. The van der Waals surface area contributed by atoms with E-state index < -0.39 is 0 Å². The average molecular weight is 734 g/mol. The minimum atomic E-state index is 0.535. The van der Waals surface area contributed by atoms with E-state index in [0.717, 1.165) is 44.5 Å². The fourth-order valence-electron chi connectivity index (χ4n) is 6.41. The van der Waals surface area contributed by atoms with Gasteiger partial charge in [0.2, 0.25) is 0 Å². The van der Waals surface area contributed by atoms with Crippen molar-refractivity contribution in [1.29, 1.82) is 0 Å². The topological polar surface area (TPSA) is 90.9 Å². The second-order valence-electron chi connectivity index (χ2n) is 13.1. The van der Waals surface area contributed by atoms with Crippen molar-refractivity contribution in [2.45, 2.75) is 0 Å². The highest BCUT2D eigenvalue weighted by atomic mass is 16.5. The third-order valence-electron chi connectivity index (χ3n) is 9.29. The van der Waals surface area contributed by atoms with E-state index in [1.54, 1.807) is 0 Å². The van der Waals surface area contributed by atoms with Gasteiger partial charge in [0.1, 0.15) is 11.5 Å². The molecule has 2 aromatic heterocycles. The van der Waals surface area contributed by atoms with Crippen LogP contribution < -0.4 is 4.74 Å². The molecule has 8 heteroatoms. The lowest BCUT2D eigenvalue weighted by molar-refractivity contribution is 0.483. The van der Waals surface area contributed by atoms with Crippen LogP contribution in [0.4, 0.5) is 5.69 Å². The van der Waals surface area contributed by atoms with Crippen molar-refractivity contribution in [1.82, 2.24) is 29.9 Å². The van der Waals surface area contributed by atoms with E-state index in [1.165, 1.54) is 0 Å². The summed E-state index contributed by atoms with van der Waals surface area (Å²) in [6, 6.07) is 60.7. The van der Waals surface area contributed by atoms with E-state index in [0.29, 0.717) is 52.1 Å². The molecule has 0 N–H and O–H groups in total. The fraction of sp³-hybridized carbons (Fsp3) is 0. The van der Waals surface area contributed by atoms with Crippen LogP contribution >= 0.6 is 0 Å². The van der Waals surface area contributed by atoms with Crippen molar-refractivity contribution < 1.29 is 4.74 Å². The van der Waals surface area contributed by atoms with Gasteiger partial charge in [-0.15, -0.1) is 0 Å². The second-order valence-corrected chi connectivity index (χ2v) is 13.1. The van der Waals surface area contributed by atoms with Crippen LogP contribution in [0.2, 0.25) is 0 Å². The molecule has 9 rings (SSSR count). The van der Waals surface area contributed by atoms with Gasteiger partial charge in [-0.3, -0.25) is 0 Å². The van der Waals surface area contributed by atoms with Gasteiger partial charge in [-0.1, -0.05) is 152 Å². The fourth-order valence-corrected chi connectivity index (χ4v) is 6.41. The molecule has 0 spiro atoms. The Morgan fingerprint density at radius 1 is 0.316 bits per heavy atom. The standard InChI is InChI=1S/C49H31N7O/c1-50-43-23-12-11-22-42(43)33-24-26-37(27-25-33)47-52-44(34-14-5-2-6-15-34)53-48(54-47)38-28-30-40(31-29-38)57-41-21-13-20-39(32-41)49-55-45(35-16-7-3-8-17-35)51-46(56-49)36-18-9-4-10-19-36/h2-32H. The molecular weight excluding hydrogens is 703 g/mol. The van der Waals surface area contributed by atoms with Gasteiger partial charge in [0, 0.05) is 33.4 Å². The summed E-state index contributed by atoms with van der Waals surface area (Å²) >= 11 is 0. The SMILES string of the molecule is [C-]#[N+]c1ccccc1-c1ccc(-c2nc(-c3ccccc3)nc(-c3ccc(Oc4cccc(-c5nc(-c6ccccc6)nc(-c6ccccc6)n5)c4)cc3)n2)cc1. The van der Waals surface area contributed by atoms with E-state index in [4.69, 9.17) is 41.2 Å². The molecular formula is C49H31N7O. The number of hydrogen-bond donors (Lipinski definition) is 0. The summed E-state index contributed by atoms with van der Waals surface area (Å²) in [4.78, 5) is 32.9. The summed E-state index contributed by atoms with van der Waals surface area (Å²) < 4.78 is 6.37. The van der Waals surface area contributed by atoms with Crippen LogP contribution in [-0.4, -0.2) is 29.9 Å². The van der Waals surface area contributed by atoms with Gasteiger partial charge in [0.25, 0.3) is 0 Å². The molecule has 0 saturated carbocycles. The molecule has 0 aliphatic rings. The lowest BCUT2D eigenvalue weighted by Gasteiger charge is -2.11. The van der Waals surface area contributed by atoms with Crippen LogP contribution in [0, 0.1) is 6.57 Å². The molecule has 7 aromatic carbocycles. The molecule has 0 atom stereocenters. The third-order valence-corrected chi connectivity index (χ3v) is 9.29. The minimum absolute atomic E-state index is 0.535. The molecule has 0 bridgehead atoms. The molecule has 0 unspecified atom stereocenters. The summed E-state index contributed by atoms with van der Waals surface area (Å²) in [7, 11) is 0. The smallest absolute Gasteiger partial charge is 0.194 e. The van der Waals surface area contributed by atoms with E-state index in [2.05, 4.69) is 4.85 Å². The maximum absolute atomic E-state index is 7.58. The summed E-state index contributed by atoms with van der Waals surface area (Å²) in [6.45, 7) is 7.58. The van der Waals surface area contributed by atoms with Crippen LogP contribution in [0.25, 0.3) is 84.3 Å². The van der Waals surface area contributed by atoms with Gasteiger partial charge in [-0.05, 0) is 47.5 Å². The van der Waals surface area contributed by atoms with Gasteiger partial charge >= 0.3 is 0 Å². The Hall–Kier alpha value is -8.15. The average Bonchev–Trinajstić information content (AvgIpc) is 3.30. The van der Waals surface area contributed by atoms with Crippen LogP contribution in [0.15, 0.2) is 188 Å². The number of aromatic nitrogens is 6. The van der Waals surface area contributed by atoms with Crippen LogP contribution in [-0.2, 0) is 0 Å². The lowest BCUT2D eigenvalue weighted by atomic mass is 10.0. The first-order valence-corrected chi connectivity index (χ1v) is 18.3. The van der Waals surface area contributed by atoms with Gasteiger partial charge in [0.15, 0.2) is 40.6 Å². The first-order valence-electron chi connectivity index (χ1n) is 18.3. The Bertz CT molecular complexity index is 2800. The van der Waals surface area contributed by atoms with Crippen LogP contribution in [0.3, 0.4) is 0 Å². The molecule has 2 heterocycles. The van der Waals surface area contributed by atoms with Crippen molar-refractivity contribution in [3.63, 3.8) is 0 Å². The highest BCUT2D eigenvalue weighted by Gasteiger charge is 2.15. The molecule has 0 fully saturated rings. The van der Waals surface area contributed by atoms with E-state index in [1.807, 2.05) is 188 Å². The summed E-state index contributed by atoms with van der Waals surface area (Å²) in [6.07, 6.45) is 0. The Morgan fingerprint density at radius 2 is 0.684 bits per heavy atom. The maximum Gasteiger partial charge on any atom is 0.194 e. The predicted molar refractivity (Wildman–Crippen MR) is 224 cm³/mol. The van der Waals surface area contributed by atoms with Gasteiger partial charge in [-0.25, -0.2) is 34.7 Å². The zero-order valence-corrected chi connectivity index (χ0v) is 30.4. The number of rotatable bonds is 9. The first-order chi connectivity index (χ1) is 28.2. The molecule has 9 aromatic rings. The Kier molecular flexibility index (Phi) is 9.52. The summed E-state index contributed by atoms with van der Waals surface area (Å²) in [5.74, 6) is 4.67. The normalized spacial score (nSPS) is 10.8. The number of para-hydroxylation sites is 1. The summed E-state index contributed by atoms with van der Waals surface area (Å²) in [5, 5.41) is 0. The molecule has 268 valence electrons. The zero-order valence-electron chi connectivity index (χ0n) is 30.4. The van der Waals surface area contributed by atoms with Crippen molar-refractivity contribution in [3.05, 3.63) is 199 Å². The quantitative estimate of drug-likeness (QED) is 0.136. The van der Waals surface area contributed by atoms with Crippen LogP contribution in [0.1, 0.15) is 0 Å². The van der Waals surface area contributed by atoms with Gasteiger partial charge in [-0.2, -0.15) is 0 Å². The lowest BCUT2D eigenvalue weighted by Crippen LogP contribution is -2.00. The Balaban J connectivity index is 1.01. The molecule has 0 aliphatic carbocycles. The monoisotopic (exact) mass is 733 g/mol. The second kappa shape index (κ2) is 15.7. The highest BCUT2D eigenvalue weighted by Crippen LogP contribution is 2.33. The zero-order chi connectivity index (χ0) is 38.4. The van der Waals surface area contributed by atoms with Crippen molar-refractivity contribution in [3.8, 4) is 91.0 Å². The maximum atomic E-state index is 7.58. The summed E-state index contributed by atoms with van der Waals surface area (Å²) in [5.41, 5.74) is 7.59. The van der Waals surface area contributed by atoms with Gasteiger partial charge < -0.3 is 4.74 Å². The number of ether oxygens (including phenoxy) is 1. The van der Waals surface area contributed by atoms with Crippen molar-refractivity contribution in [2.75, 3.05) is 0 Å². The molecule has 57 heavy (non-hydrogen) atoms. The Morgan fingerprint density at radius 3 is 1.16 bits per heavy atom. The number of benzene rings is 7. The predicted octanol–water partition coefficient (Wildman–Crippen LogP) is 12.1. The first kappa shape index (κ1) is 34.6. The minimum Gasteiger partial charge on any atom is -0.457 e. The molecule has 0 aliphatic heterocycles. The Labute approximate surface area is 329 Å². The molecule has 8 nitrogen and oxygen atoms in total. The molecule has 0 amide bonds. The molecule has 0 radical (unpaired) electrons. The molecule has 0 saturated heterocycles. The number of nitrogens with zero attached hydrogens (tertiary/aromatic N) is 7. The van der Waals surface area contributed by atoms with Crippen LogP contribution in [0.5, 0.6) is 11.5 Å². The highest BCUT2D eigenvalue weighted by molar-refractivity contribution is 5.80. The van der Waals surface area contributed by atoms with Crippen molar-refractivity contribution in [2.24, 2.45) is 0 Å². The van der Waals surface area contributed by atoms with Crippen molar-refractivity contribution >= 4 is 5.69 Å². The van der Waals surface area contributed by atoms with E-state index in [-0.39, 0.29) is 0 Å². The van der Waals surface area contributed by atoms with Gasteiger partial charge in [0.05, 0.1) is 6.57 Å². The van der Waals surface area contributed by atoms with E-state index >= 15 is 0 Å².